The number of thiazole rings is 1. The molecule has 1 heterocycles. The Morgan fingerprint density at radius 1 is 1.41 bits per heavy atom. The maximum absolute atomic E-state index is 8.77. The highest BCUT2D eigenvalue weighted by Crippen LogP contribution is 2.38. The number of thioether (sulfide) groups is 1. The van der Waals surface area contributed by atoms with Gasteiger partial charge in [0.2, 0.25) is 0 Å². The molecule has 1 N–H and O–H groups in total. The molecule has 0 amide bonds. The molecule has 3 nitrogen and oxygen atoms in total. The number of halogens is 1. The molecule has 2 rings (SSSR count). The molecule has 0 saturated carbocycles. The van der Waals surface area contributed by atoms with Gasteiger partial charge in [-0.3, -0.25) is 0 Å². The summed E-state index contributed by atoms with van der Waals surface area (Å²) in [6.45, 7) is 0. The summed E-state index contributed by atoms with van der Waals surface area (Å²) in [6, 6.07) is 7.43. The van der Waals surface area contributed by atoms with Crippen molar-refractivity contribution in [2.75, 3.05) is 12.4 Å². The Kier molecular flexibility index (Phi) is 3.89. The third-order valence-electron chi connectivity index (χ3n) is 2.07. The fraction of sp³-hybridized carbons (Fsp3) is 0.0909. The lowest BCUT2D eigenvalue weighted by atomic mass is 10.2. The van der Waals surface area contributed by atoms with Crippen molar-refractivity contribution in [2.24, 2.45) is 0 Å². The summed E-state index contributed by atoms with van der Waals surface area (Å²) in [7, 11) is 1.81. The summed E-state index contributed by atoms with van der Waals surface area (Å²) in [4.78, 5) is 4.44. The summed E-state index contributed by atoms with van der Waals surface area (Å²) >= 11 is 8.44. The minimum atomic E-state index is 0.687. The predicted molar refractivity (Wildman–Crippen MR) is 73.6 cm³/mol. The molecule has 0 atom stereocenters. The van der Waals surface area contributed by atoms with E-state index in [1.165, 1.54) is 11.3 Å². The number of aromatic nitrogens is 1. The van der Waals surface area contributed by atoms with Gasteiger partial charge in [-0.15, -0.1) is 0 Å². The third-order valence-corrected chi connectivity index (χ3v) is 4.16. The number of hydrogen-bond acceptors (Lipinski definition) is 5. The Morgan fingerprint density at radius 3 is 2.71 bits per heavy atom. The average molecular weight is 282 g/mol. The highest BCUT2D eigenvalue weighted by Gasteiger charge is 2.13. The number of benzene rings is 1. The van der Waals surface area contributed by atoms with Crippen molar-refractivity contribution in [3.05, 3.63) is 29.3 Å². The molecule has 0 aliphatic rings. The Labute approximate surface area is 112 Å². The monoisotopic (exact) mass is 281 g/mol. The van der Waals surface area contributed by atoms with Gasteiger partial charge in [-0.25, -0.2) is 4.98 Å². The van der Waals surface area contributed by atoms with Crippen molar-refractivity contribution in [2.45, 2.75) is 4.21 Å². The van der Waals surface area contributed by atoms with Crippen molar-refractivity contribution >= 4 is 39.8 Å². The van der Waals surface area contributed by atoms with Crippen LogP contribution in [0.2, 0.25) is 5.02 Å². The zero-order valence-electron chi connectivity index (χ0n) is 8.90. The fourth-order valence-electron chi connectivity index (χ4n) is 1.31. The standard InChI is InChI=1S/C11H8ClN3S2/c1-14-11-15-9(10(17-11)16-6-13)7-2-4-8(12)5-3-7/h2-5H,1H3,(H,14,15). The van der Waals surface area contributed by atoms with E-state index in [0.717, 1.165) is 32.4 Å². The van der Waals surface area contributed by atoms with Gasteiger partial charge in [-0.1, -0.05) is 35.1 Å². The van der Waals surface area contributed by atoms with E-state index in [1.54, 1.807) is 0 Å². The molecule has 0 aliphatic carbocycles. The molecule has 0 fully saturated rings. The summed E-state index contributed by atoms with van der Waals surface area (Å²) in [5.41, 5.74) is 1.78. The van der Waals surface area contributed by atoms with E-state index >= 15 is 0 Å². The SMILES string of the molecule is CNc1nc(-c2ccc(Cl)cc2)c(SC#N)s1. The van der Waals surface area contributed by atoms with Gasteiger partial charge in [-0.2, -0.15) is 5.26 Å². The highest BCUT2D eigenvalue weighted by molar-refractivity contribution is 8.05. The molecule has 86 valence electrons. The molecule has 0 unspecified atom stereocenters. The lowest BCUT2D eigenvalue weighted by Crippen LogP contribution is -1.86. The van der Waals surface area contributed by atoms with Crippen LogP contribution in [-0.4, -0.2) is 12.0 Å². The smallest absolute Gasteiger partial charge is 0.184 e. The van der Waals surface area contributed by atoms with E-state index in [0.29, 0.717) is 5.02 Å². The molecule has 1 aromatic heterocycles. The minimum Gasteiger partial charge on any atom is -0.365 e. The lowest BCUT2D eigenvalue weighted by Gasteiger charge is -1.98. The zero-order chi connectivity index (χ0) is 12.3. The maximum atomic E-state index is 8.77. The molecule has 6 heteroatoms. The second-order valence-electron chi connectivity index (χ2n) is 3.11. The lowest BCUT2D eigenvalue weighted by molar-refractivity contribution is 1.33. The molecule has 0 spiro atoms. The molecule has 17 heavy (non-hydrogen) atoms. The molecular formula is C11H8ClN3S2. The van der Waals surface area contributed by atoms with Crippen molar-refractivity contribution < 1.29 is 0 Å². The van der Waals surface area contributed by atoms with Crippen LogP contribution in [0.4, 0.5) is 5.13 Å². The van der Waals surface area contributed by atoms with Gasteiger partial charge < -0.3 is 5.32 Å². The van der Waals surface area contributed by atoms with Gasteiger partial charge in [0.05, 0.1) is 5.69 Å². The second-order valence-corrected chi connectivity index (χ2v) is 5.59. The van der Waals surface area contributed by atoms with Crippen LogP contribution in [0.5, 0.6) is 0 Å². The number of anilines is 1. The molecule has 0 aliphatic heterocycles. The van der Waals surface area contributed by atoms with E-state index in [1.807, 2.05) is 31.3 Å². The van der Waals surface area contributed by atoms with Crippen molar-refractivity contribution in [3.8, 4) is 16.7 Å². The van der Waals surface area contributed by atoms with E-state index in [9.17, 15) is 0 Å². The summed E-state index contributed by atoms with van der Waals surface area (Å²) < 4.78 is 0.888. The van der Waals surface area contributed by atoms with Gasteiger partial charge >= 0.3 is 0 Å². The Bertz CT molecular complexity index is 557. The minimum absolute atomic E-state index is 0.687. The van der Waals surface area contributed by atoms with Crippen LogP contribution in [-0.2, 0) is 0 Å². The zero-order valence-corrected chi connectivity index (χ0v) is 11.3. The molecule has 0 radical (unpaired) electrons. The fourth-order valence-corrected chi connectivity index (χ4v) is 2.97. The van der Waals surface area contributed by atoms with E-state index in [-0.39, 0.29) is 0 Å². The number of nitrogens with zero attached hydrogens (tertiary/aromatic N) is 2. The summed E-state index contributed by atoms with van der Waals surface area (Å²) in [5.74, 6) is 0. The van der Waals surface area contributed by atoms with E-state index < -0.39 is 0 Å². The maximum Gasteiger partial charge on any atom is 0.184 e. The van der Waals surface area contributed by atoms with Crippen LogP contribution < -0.4 is 5.32 Å². The van der Waals surface area contributed by atoms with E-state index in [4.69, 9.17) is 16.9 Å². The molecule has 1 aromatic carbocycles. The third kappa shape index (κ3) is 2.72. The van der Waals surface area contributed by atoms with Crippen LogP contribution in [0.3, 0.4) is 0 Å². The van der Waals surface area contributed by atoms with Crippen molar-refractivity contribution in [3.63, 3.8) is 0 Å². The van der Waals surface area contributed by atoms with Crippen LogP contribution >= 0.6 is 34.7 Å². The van der Waals surface area contributed by atoms with Crippen LogP contribution in [0.1, 0.15) is 0 Å². The Balaban J connectivity index is 2.46. The predicted octanol–water partition coefficient (Wildman–Crippen LogP) is 4.08. The Morgan fingerprint density at radius 2 is 2.12 bits per heavy atom. The van der Waals surface area contributed by atoms with E-state index in [2.05, 4.69) is 15.7 Å². The summed E-state index contributed by atoms with van der Waals surface area (Å²) in [5, 5.41) is 15.3. The van der Waals surface area contributed by atoms with Gasteiger partial charge in [-0.05, 0) is 12.1 Å². The first-order chi connectivity index (χ1) is 8.24. The molecule has 0 bridgehead atoms. The number of hydrogen-bond donors (Lipinski definition) is 1. The van der Waals surface area contributed by atoms with Crippen LogP contribution in [0.25, 0.3) is 11.3 Å². The normalized spacial score (nSPS) is 9.94. The van der Waals surface area contributed by atoms with Gasteiger partial charge in [0, 0.05) is 29.4 Å². The highest BCUT2D eigenvalue weighted by atomic mass is 35.5. The first-order valence-corrected chi connectivity index (χ1v) is 6.76. The number of rotatable bonds is 3. The van der Waals surface area contributed by atoms with Crippen LogP contribution in [0, 0.1) is 10.7 Å². The first-order valence-electron chi connectivity index (χ1n) is 4.75. The van der Waals surface area contributed by atoms with Crippen molar-refractivity contribution in [1.29, 1.82) is 5.26 Å². The first kappa shape index (κ1) is 12.2. The largest absolute Gasteiger partial charge is 0.365 e. The second kappa shape index (κ2) is 5.41. The van der Waals surface area contributed by atoms with Gasteiger partial charge in [0.1, 0.15) is 9.61 Å². The quantitative estimate of drug-likeness (QED) is 0.680. The topological polar surface area (TPSA) is 48.7 Å². The Hall–Kier alpha value is -1.22. The molecule has 2 aromatic rings. The molecular weight excluding hydrogens is 274 g/mol. The van der Waals surface area contributed by atoms with Gasteiger partial charge in [0.25, 0.3) is 0 Å². The number of thiocyanates is 1. The number of nitrogens with one attached hydrogen (secondary N) is 1. The average Bonchev–Trinajstić information content (AvgIpc) is 2.74. The van der Waals surface area contributed by atoms with Crippen molar-refractivity contribution in [1.82, 2.24) is 4.98 Å². The number of nitriles is 1. The summed E-state index contributed by atoms with van der Waals surface area (Å²) in [6.07, 6.45) is 0. The molecule has 0 saturated heterocycles. The van der Waals surface area contributed by atoms with Gasteiger partial charge in [0.15, 0.2) is 5.13 Å². The van der Waals surface area contributed by atoms with Crippen LogP contribution in [0.15, 0.2) is 28.5 Å².